The summed E-state index contributed by atoms with van der Waals surface area (Å²) >= 11 is -2.40. The SMILES string of the molecule is O=C(c1ccc(NS(=O)[O-])cc1)N1CCN(C(=O)c2ccno2)CC1. The lowest BCUT2D eigenvalue weighted by Crippen LogP contribution is -2.50. The normalized spacial score (nSPS) is 15.7. The summed E-state index contributed by atoms with van der Waals surface area (Å²) in [7, 11) is 0. The van der Waals surface area contributed by atoms with Crippen molar-refractivity contribution in [2.45, 2.75) is 0 Å². The zero-order valence-electron chi connectivity index (χ0n) is 13.1. The molecule has 1 aliphatic heterocycles. The van der Waals surface area contributed by atoms with Crippen molar-refractivity contribution in [3.63, 3.8) is 0 Å². The van der Waals surface area contributed by atoms with Gasteiger partial charge in [0.1, 0.15) is 0 Å². The summed E-state index contributed by atoms with van der Waals surface area (Å²) in [4.78, 5) is 27.9. The van der Waals surface area contributed by atoms with Crippen LogP contribution in [0.5, 0.6) is 0 Å². The van der Waals surface area contributed by atoms with E-state index in [0.717, 1.165) is 0 Å². The Morgan fingerprint density at radius 2 is 1.64 bits per heavy atom. The quantitative estimate of drug-likeness (QED) is 0.789. The minimum atomic E-state index is -2.40. The molecule has 1 fully saturated rings. The molecule has 132 valence electrons. The van der Waals surface area contributed by atoms with Crippen molar-refractivity contribution in [3.8, 4) is 0 Å². The molecular weight excluding hydrogens is 348 g/mol. The predicted molar refractivity (Wildman–Crippen MR) is 87.3 cm³/mol. The summed E-state index contributed by atoms with van der Waals surface area (Å²) in [5.41, 5.74) is 0.838. The average Bonchev–Trinajstić information content (AvgIpc) is 3.15. The van der Waals surface area contributed by atoms with E-state index in [4.69, 9.17) is 4.52 Å². The lowest BCUT2D eigenvalue weighted by atomic mass is 10.1. The summed E-state index contributed by atoms with van der Waals surface area (Å²) in [6.45, 7) is 1.62. The zero-order valence-corrected chi connectivity index (χ0v) is 13.9. The second-order valence-electron chi connectivity index (χ2n) is 5.38. The number of benzene rings is 1. The molecule has 2 heterocycles. The highest BCUT2D eigenvalue weighted by Crippen LogP contribution is 2.14. The molecule has 1 N–H and O–H groups in total. The maximum Gasteiger partial charge on any atom is 0.292 e. The molecule has 0 bridgehead atoms. The van der Waals surface area contributed by atoms with Gasteiger partial charge in [0, 0.05) is 54.8 Å². The summed E-state index contributed by atoms with van der Waals surface area (Å²) in [6, 6.07) is 7.66. The molecule has 0 radical (unpaired) electrons. The molecule has 1 saturated heterocycles. The molecule has 9 nitrogen and oxygen atoms in total. The monoisotopic (exact) mass is 363 g/mol. The fourth-order valence-electron chi connectivity index (χ4n) is 2.55. The van der Waals surface area contributed by atoms with Crippen molar-refractivity contribution < 1.29 is 22.9 Å². The summed E-state index contributed by atoms with van der Waals surface area (Å²) in [5.74, 6) is -0.231. The van der Waals surface area contributed by atoms with Gasteiger partial charge in [0.2, 0.25) is 5.76 Å². The lowest BCUT2D eigenvalue weighted by Gasteiger charge is -2.34. The molecule has 2 aromatic rings. The number of amides is 2. The van der Waals surface area contributed by atoms with Gasteiger partial charge in [-0.2, -0.15) is 0 Å². The van der Waals surface area contributed by atoms with Crippen molar-refractivity contribution in [1.82, 2.24) is 15.0 Å². The van der Waals surface area contributed by atoms with Gasteiger partial charge in [-0.25, -0.2) is 0 Å². The van der Waals surface area contributed by atoms with E-state index in [1.807, 2.05) is 0 Å². The maximum absolute atomic E-state index is 12.5. The fraction of sp³-hybridized carbons (Fsp3) is 0.267. The van der Waals surface area contributed by atoms with Crippen molar-refractivity contribution in [3.05, 3.63) is 47.9 Å². The highest BCUT2D eigenvalue weighted by Gasteiger charge is 2.26. The van der Waals surface area contributed by atoms with Crippen LogP contribution in [0, 0.1) is 0 Å². The Bertz CT molecular complexity index is 770. The molecule has 0 spiro atoms. The van der Waals surface area contributed by atoms with Gasteiger partial charge in [-0.05, 0) is 24.3 Å². The third-order valence-corrected chi connectivity index (χ3v) is 4.24. The van der Waals surface area contributed by atoms with Crippen LogP contribution in [0.15, 0.2) is 41.1 Å². The van der Waals surface area contributed by atoms with Gasteiger partial charge in [-0.3, -0.25) is 13.8 Å². The van der Waals surface area contributed by atoms with E-state index in [0.29, 0.717) is 37.4 Å². The highest BCUT2D eigenvalue weighted by molar-refractivity contribution is 7.80. The Labute approximate surface area is 146 Å². The topological polar surface area (TPSA) is 119 Å². The summed E-state index contributed by atoms with van der Waals surface area (Å²) in [6.07, 6.45) is 1.41. The van der Waals surface area contributed by atoms with Gasteiger partial charge >= 0.3 is 0 Å². The minimum absolute atomic E-state index is 0.165. The average molecular weight is 363 g/mol. The summed E-state index contributed by atoms with van der Waals surface area (Å²) < 4.78 is 28.2. The third-order valence-electron chi connectivity index (χ3n) is 3.84. The van der Waals surface area contributed by atoms with Gasteiger partial charge in [-0.15, -0.1) is 0 Å². The van der Waals surface area contributed by atoms with Gasteiger partial charge in [0.25, 0.3) is 11.8 Å². The van der Waals surface area contributed by atoms with E-state index in [2.05, 4.69) is 9.88 Å². The second kappa shape index (κ2) is 7.45. The van der Waals surface area contributed by atoms with Crippen molar-refractivity contribution in [1.29, 1.82) is 0 Å². The third kappa shape index (κ3) is 4.03. The van der Waals surface area contributed by atoms with Gasteiger partial charge in [0.15, 0.2) is 0 Å². The number of anilines is 1. The van der Waals surface area contributed by atoms with Crippen LogP contribution in [0.3, 0.4) is 0 Å². The number of aromatic nitrogens is 1. The van der Waals surface area contributed by atoms with Crippen LogP contribution in [-0.4, -0.2) is 61.7 Å². The van der Waals surface area contributed by atoms with E-state index in [-0.39, 0.29) is 17.6 Å². The molecule has 1 unspecified atom stereocenters. The molecule has 1 aromatic heterocycles. The number of nitrogens with zero attached hydrogens (tertiary/aromatic N) is 3. The number of carbonyl (C=O) groups excluding carboxylic acids is 2. The lowest BCUT2D eigenvalue weighted by molar-refractivity contribution is 0.0513. The number of carbonyl (C=O) groups is 2. The highest BCUT2D eigenvalue weighted by atomic mass is 32.2. The molecule has 1 aliphatic rings. The molecule has 0 saturated carbocycles. The Morgan fingerprint density at radius 3 is 2.16 bits per heavy atom. The molecule has 25 heavy (non-hydrogen) atoms. The van der Waals surface area contributed by atoms with E-state index >= 15 is 0 Å². The van der Waals surface area contributed by atoms with Crippen LogP contribution in [0.1, 0.15) is 20.9 Å². The Morgan fingerprint density at radius 1 is 1.04 bits per heavy atom. The molecule has 3 rings (SSSR count). The first-order valence-corrected chi connectivity index (χ1v) is 8.57. The smallest absolute Gasteiger partial charge is 0.292 e. The molecule has 1 atom stereocenters. The van der Waals surface area contributed by atoms with Crippen LogP contribution in [0.25, 0.3) is 0 Å². The number of hydrogen-bond acceptors (Lipinski definition) is 6. The van der Waals surface area contributed by atoms with E-state index in [1.54, 1.807) is 21.9 Å². The Balaban J connectivity index is 1.58. The van der Waals surface area contributed by atoms with Crippen molar-refractivity contribution in [2.75, 3.05) is 30.9 Å². The van der Waals surface area contributed by atoms with Crippen LogP contribution in [-0.2, 0) is 11.3 Å². The molecular formula is C15H15N4O5S-. The van der Waals surface area contributed by atoms with Crippen LogP contribution in [0.4, 0.5) is 5.69 Å². The van der Waals surface area contributed by atoms with Crippen LogP contribution < -0.4 is 4.72 Å². The first-order chi connectivity index (χ1) is 12.0. The Hall–Kier alpha value is -2.72. The second-order valence-corrected chi connectivity index (χ2v) is 6.05. The number of rotatable bonds is 4. The largest absolute Gasteiger partial charge is 0.755 e. The number of hydrogen-bond donors (Lipinski definition) is 1. The van der Waals surface area contributed by atoms with Crippen LogP contribution in [0.2, 0.25) is 0 Å². The first kappa shape index (κ1) is 17.1. The summed E-state index contributed by atoms with van der Waals surface area (Å²) in [5, 5.41) is 3.52. The fourth-order valence-corrected chi connectivity index (χ4v) is 2.88. The number of piperazine rings is 1. The maximum atomic E-state index is 12.5. The van der Waals surface area contributed by atoms with Gasteiger partial charge in [0.05, 0.1) is 6.20 Å². The molecule has 2 amide bonds. The van der Waals surface area contributed by atoms with Crippen molar-refractivity contribution >= 4 is 28.8 Å². The van der Waals surface area contributed by atoms with Crippen LogP contribution >= 0.6 is 0 Å². The molecule has 1 aromatic carbocycles. The van der Waals surface area contributed by atoms with Gasteiger partial charge < -0.3 is 23.6 Å². The zero-order chi connectivity index (χ0) is 17.8. The van der Waals surface area contributed by atoms with E-state index < -0.39 is 11.3 Å². The van der Waals surface area contributed by atoms with E-state index in [9.17, 15) is 18.4 Å². The molecule has 0 aliphatic carbocycles. The Kier molecular flexibility index (Phi) is 5.10. The van der Waals surface area contributed by atoms with E-state index in [1.165, 1.54) is 24.4 Å². The minimum Gasteiger partial charge on any atom is -0.755 e. The van der Waals surface area contributed by atoms with Crippen molar-refractivity contribution in [2.24, 2.45) is 0 Å². The number of nitrogens with one attached hydrogen (secondary N) is 1. The standard InChI is InChI=1S/C15H16N4O5S/c20-14(11-1-3-12(4-2-11)17-25(22)23)18-7-9-19(10-8-18)15(21)13-5-6-16-24-13/h1-6,17H,7-10H2,(H,22,23)/p-1. The molecule has 10 heteroatoms. The van der Waals surface area contributed by atoms with Gasteiger partial charge in [-0.1, -0.05) is 5.16 Å². The first-order valence-electron chi connectivity index (χ1n) is 7.50. The predicted octanol–water partition coefficient (Wildman–Crippen LogP) is 0.479.